The van der Waals surface area contributed by atoms with Gasteiger partial charge in [-0.05, 0) is 50.8 Å². The van der Waals surface area contributed by atoms with E-state index in [1.807, 2.05) is 0 Å². The highest BCUT2D eigenvalue weighted by Crippen LogP contribution is 2.26. The lowest BCUT2D eigenvalue weighted by Gasteiger charge is -2.25. The van der Waals surface area contributed by atoms with Crippen LogP contribution >= 0.6 is 11.6 Å². The highest BCUT2D eigenvalue weighted by atomic mass is 35.5. The van der Waals surface area contributed by atoms with Crippen LogP contribution in [0, 0.1) is 0 Å². The number of pyridine rings is 1. The van der Waals surface area contributed by atoms with Crippen molar-refractivity contribution in [1.82, 2.24) is 4.98 Å². The zero-order valence-electron chi connectivity index (χ0n) is 15.2. The zero-order valence-corrected chi connectivity index (χ0v) is 15.9. The summed E-state index contributed by atoms with van der Waals surface area (Å²) in [4.78, 5) is 14.9. The molecule has 0 saturated heterocycles. The molecule has 0 aromatic carbocycles. The van der Waals surface area contributed by atoms with Crippen LogP contribution in [0.2, 0.25) is 0 Å². The van der Waals surface area contributed by atoms with Gasteiger partial charge in [-0.15, -0.1) is 0 Å². The lowest BCUT2D eigenvalue weighted by molar-refractivity contribution is -0.137. The van der Waals surface area contributed by atoms with E-state index in [2.05, 4.69) is 4.98 Å². The number of rotatable bonds is 10. The van der Waals surface area contributed by atoms with Gasteiger partial charge in [-0.2, -0.15) is 0 Å². The average Bonchev–Trinajstić information content (AvgIpc) is 2.57. The maximum absolute atomic E-state index is 13.5. The summed E-state index contributed by atoms with van der Waals surface area (Å²) in [6, 6.07) is 5.32. The molecule has 7 heteroatoms. The fourth-order valence-corrected chi connectivity index (χ4v) is 2.51. The molecule has 0 aliphatic heterocycles. The van der Waals surface area contributed by atoms with Gasteiger partial charge in [-0.1, -0.05) is 17.7 Å². The van der Waals surface area contributed by atoms with Crippen LogP contribution in [0.25, 0.3) is 5.57 Å². The summed E-state index contributed by atoms with van der Waals surface area (Å²) < 4.78 is 24.5. The van der Waals surface area contributed by atoms with Crippen molar-refractivity contribution >= 4 is 23.1 Å². The second-order valence-electron chi connectivity index (χ2n) is 6.23. The number of carboxylic acids is 1. The zero-order chi connectivity index (χ0) is 19.6. The minimum absolute atomic E-state index is 0.0219. The van der Waals surface area contributed by atoms with Crippen molar-refractivity contribution < 1.29 is 23.8 Å². The molecule has 5 nitrogen and oxygen atoms in total. The molecule has 1 aliphatic carbocycles. The first kappa shape index (κ1) is 21.0. The standard InChI is InChI=1S/C20H23ClFNO4/c1-14(22)11-15(12-16(21)13-26-10-4-9-20(24)25)18-7-3-8-19(23-18)27-17-5-2-6-17/h3,7-8,11-13,17H,2,4-6,9-10H2,1H3,(H,24,25)/b14-11+,15-12+,16-13-. The molecule has 1 aromatic rings. The monoisotopic (exact) mass is 395 g/mol. The van der Waals surface area contributed by atoms with Crippen LogP contribution < -0.4 is 4.74 Å². The number of aliphatic carboxylic acids is 1. The SMILES string of the molecule is C\C(F)=C/C(=C\C(Cl)=C\OCCCC(=O)O)c1cccc(OC2CCC2)n1. The smallest absolute Gasteiger partial charge is 0.303 e. The van der Waals surface area contributed by atoms with Crippen molar-refractivity contribution in [3.05, 3.63) is 53.2 Å². The second-order valence-corrected chi connectivity index (χ2v) is 6.67. The van der Waals surface area contributed by atoms with Gasteiger partial charge < -0.3 is 14.6 Å². The minimum atomic E-state index is -0.880. The number of carbonyl (C=O) groups is 1. The highest BCUT2D eigenvalue weighted by molar-refractivity contribution is 6.31. The molecular formula is C20H23ClFNO4. The molecular weight excluding hydrogens is 373 g/mol. The van der Waals surface area contributed by atoms with Crippen LogP contribution in [0.3, 0.4) is 0 Å². The van der Waals surface area contributed by atoms with E-state index in [4.69, 9.17) is 26.2 Å². The Balaban J connectivity index is 2.09. The lowest BCUT2D eigenvalue weighted by atomic mass is 9.96. The predicted molar refractivity (Wildman–Crippen MR) is 102 cm³/mol. The maximum Gasteiger partial charge on any atom is 0.303 e. The van der Waals surface area contributed by atoms with Gasteiger partial charge in [0.2, 0.25) is 5.88 Å². The summed E-state index contributed by atoms with van der Waals surface area (Å²) in [6.45, 7) is 1.56. The number of ether oxygens (including phenoxy) is 2. The van der Waals surface area contributed by atoms with E-state index in [1.54, 1.807) is 18.2 Å². The number of hydrogen-bond donors (Lipinski definition) is 1. The predicted octanol–water partition coefficient (Wildman–Crippen LogP) is 5.23. The third-order valence-electron chi connectivity index (χ3n) is 3.86. The van der Waals surface area contributed by atoms with Gasteiger partial charge in [-0.3, -0.25) is 4.79 Å². The number of allylic oxidation sites excluding steroid dienone is 5. The summed E-state index contributed by atoms with van der Waals surface area (Å²) >= 11 is 6.14. The Morgan fingerprint density at radius 1 is 1.41 bits per heavy atom. The Morgan fingerprint density at radius 3 is 2.81 bits per heavy atom. The molecule has 0 atom stereocenters. The minimum Gasteiger partial charge on any atom is -0.500 e. The van der Waals surface area contributed by atoms with E-state index >= 15 is 0 Å². The second kappa shape index (κ2) is 10.7. The Labute approximate surface area is 163 Å². The maximum atomic E-state index is 13.5. The Kier molecular flexibility index (Phi) is 8.33. The van der Waals surface area contributed by atoms with Gasteiger partial charge in [0.25, 0.3) is 0 Å². The van der Waals surface area contributed by atoms with Crippen LogP contribution in [-0.4, -0.2) is 28.8 Å². The molecule has 1 heterocycles. The first-order chi connectivity index (χ1) is 12.9. The van der Waals surface area contributed by atoms with Gasteiger partial charge in [0.15, 0.2) is 0 Å². The third kappa shape index (κ3) is 7.83. The summed E-state index contributed by atoms with van der Waals surface area (Å²) in [5, 5.41) is 8.82. The van der Waals surface area contributed by atoms with Crippen molar-refractivity contribution in [2.45, 2.75) is 45.1 Å². The molecule has 27 heavy (non-hydrogen) atoms. The molecule has 1 saturated carbocycles. The topological polar surface area (TPSA) is 68.7 Å². The molecule has 0 spiro atoms. The average molecular weight is 396 g/mol. The third-order valence-corrected chi connectivity index (χ3v) is 4.05. The van der Waals surface area contributed by atoms with Gasteiger partial charge in [0.05, 0.1) is 23.2 Å². The molecule has 1 fully saturated rings. The van der Waals surface area contributed by atoms with Gasteiger partial charge in [0, 0.05) is 18.1 Å². The van der Waals surface area contributed by atoms with Gasteiger partial charge >= 0.3 is 5.97 Å². The number of nitrogens with zero attached hydrogens (tertiary/aromatic N) is 1. The summed E-state index contributed by atoms with van der Waals surface area (Å²) in [7, 11) is 0. The van der Waals surface area contributed by atoms with E-state index in [9.17, 15) is 9.18 Å². The van der Waals surface area contributed by atoms with Gasteiger partial charge in [0.1, 0.15) is 12.4 Å². The van der Waals surface area contributed by atoms with Gasteiger partial charge in [-0.25, -0.2) is 9.37 Å². The Hall–Kier alpha value is -2.34. The number of carboxylic acid groups (broad SMARTS) is 1. The van der Waals surface area contributed by atoms with Crippen LogP contribution in [0.1, 0.15) is 44.7 Å². The van der Waals surface area contributed by atoms with Crippen molar-refractivity contribution in [3.63, 3.8) is 0 Å². The van der Waals surface area contributed by atoms with Crippen molar-refractivity contribution in [2.24, 2.45) is 0 Å². The summed E-state index contributed by atoms with van der Waals surface area (Å²) in [5.74, 6) is -0.771. The molecule has 0 radical (unpaired) electrons. The molecule has 1 aliphatic rings. The molecule has 1 aromatic heterocycles. The molecule has 2 rings (SSSR count). The number of aromatic nitrogens is 1. The number of halogens is 2. The number of hydrogen-bond acceptors (Lipinski definition) is 4. The Morgan fingerprint density at radius 2 is 2.19 bits per heavy atom. The Bertz CT molecular complexity index is 737. The molecule has 0 amide bonds. The first-order valence-electron chi connectivity index (χ1n) is 8.82. The van der Waals surface area contributed by atoms with Crippen LogP contribution in [0.15, 0.2) is 47.5 Å². The van der Waals surface area contributed by atoms with E-state index in [1.165, 1.54) is 25.3 Å². The lowest BCUT2D eigenvalue weighted by Crippen LogP contribution is -2.25. The fourth-order valence-electron chi connectivity index (χ4n) is 2.33. The summed E-state index contributed by atoms with van der Waals surface area (Å²) in [6.07, 6.45) is 7.96. The largest absolute Gasteiger partial charge is 0.500 e. The van der Waals surface area contributed by atoms with Crippen molar-refractivity contribution in [2.75, 3.05) is 6.61 Å². The van der Waals surface area contributed by atoms with Crippen LogP contribution in [0.4, 0.5) is 4.39 Å². The van der Waals surface area contributed by atoms with E-state index in [0.29, 0.717) is 23.6 Å². The normalized spacial score (nSPS) is 16.0. The van der Waals surface area contributed by atoms with Crippen LogP contribution in [0.5, 0.6) is 5.88 Å². The van der Waals surface area contributed by atoms with E-state index in [-0.39, 0.29) is 30.0 Å². The molecule has 0 bridgehead atoms. The van der Waals surface area contributed by atoms with Crippen molar-refractivity contribution in [1.29, 1.82) is 0 Å². The van der Waals surface area contributed by atoms with E-state index < -0.39 is 5.97 Å². The summed E-state index contributed by atoms with van der Waals surface area (Å²) in [5.41, 5.74) is 1.01. The first-order valence-corrected chi connectivity index (χ1v) is 9.20. The van der Waals surface area contributed by atoms with Crippen LogP contribution in [-0.2, 0) is 9.53 Å². The molecule has 0 unspecified atom stereocenters. The molecule has 1 N–H and O–H groups in total. The fraction of sp³-hybridized carbons (Fsp3) is 0.400. The quantitative estimate of drug-likeness (QED) is 0.333. The molecule has 146 valence electrons. The van der Waals surface area contributed by atoms with Crippen molar-refractivity contribution in [3.8, 4) is 5.88 Å². The van der Waals surface area contributed by atoms with E-state index in [0.717, 1.165) is 19.3 Å². The highest BCUT2D eigenvalue weighted by Gasteiger charge is 2.19.